The Morgan fingerprint density at radius 3 is 2.50 bits per heavy atom. The van der Waals surface area contributed by atoms with Gasteiger partial charge < -0.3 is 15.8 Å². The van der Waals surface area contributed by atoms with Crippen molar-refractivity contribution in [1.29, 1.82) is 0 Å². The molecular formula is C16H29Cl2N3O2S. The number of nitrogens with one attached hydrogen (secondary N) is 1. The molecule has 1 aromatic heterocycles. The van der Waals surface area contributed by atoms with Crippen LogP contribution in [0.4, 0.5) is 0 Å². The summed E-state index contributed by atoms with van der Waals surface area (Å²) in [5.41, 5.74) is 6.23. The van der Waals surface area contributed by atoms with Crippen molar-refractivity contribution in [3.05, 3.63) is 15.6 Å². The van der Waals surface area contributed by atoms with Crippen molar-refractivity contribution in [1.82, 2.24) is 10.3 Å². The maximum absolute atomic E-state index is 12.5. The Morgan fingerprint density at radius 2 is 2.04 bits per heavy atom. The van der Waals surface area contributed by atoms with Gasteiger partial charge in [0.05, 0.1) is 16.8 Å². The van der Waals surface area contributed by atoms with Gasteiger partial charge in [0, 0.05) is 36.3 Å². The number of rotatable bonds is 6. The van der Waals surface area contributed by atoms with Gasteiger partial charge in [-0.2, -0.15) is 0 Å². The van der Waals surface area contributed by atoms with Gasteiger partial charge >= 0.3 is 0 Å². The molecule has 1 aromatic rings. The van der Waals surface area contributed by atoms with E-state index in [1.165, 1.54) is 4.88 Å². The quantitative estimate of drug-likeness (QED) is 0.773. The van der Waals surface area contributed by atoms with Crippen LogP contribution >= 0.6 is 36.2 Å². The Bertz CT molecular complexity index is 546. The van der Waals surface area contributed by atoms with E-state index < -0.39 is 5.54 Å². The third kappa shape index (κ3) is 4.22. The van der Waals surface area contributed by atoms with Crippen LogP contribution < -0.4 is 11.1 Å². The van der Waals surface area contributed by atoms with E-state index in [2.05, 4.69) is 17.2 Å². The molecule has 1 heterocycles. The molecule has 0 bridgehead atoms. The fourth-order valence-electron chi connectivity index (χ4n) is 2.91. The number of ether oxygens (including phenoxy) is 1. The molecule has 5 nitrogen and oxygen atoms in total. The number of thiazole rings is 1. The third-order valence-corrected chi connectivity index (χ3v) is 6.07. The Morgan fingerprint density at radius 1 is 1.42 bits per heavy atom. The highest BCUT2D eigenvalue weighted by molar-refractivity contribution is 7.11. The number of hydrogen-bond acceptors (Lipinski definition) is 5. The number of hydrogen-bond donors (Lipinski definition) is 2. The zero-order chi connectivity index (χ0) is 16.5. The van der Waals surface area contributed by atoms with Crippen LogP contribution in [0.3, 0.4) is 0 Å². The molecule has 1 aliphatic carbocycles. The number of aromatic nitrogens is 1. The number of nitrogens with two attached hydrogens (primary N) is 1. The van der Waals surface area contributed by atoms with Gasteiger partial charge in [-0.25, -0.2) is 4.98 Å². The normalized spacial score (nSPS) is 24.3. The number of nitrogens with zero attached hydrogens (tertiary/aromatic N) is 1. The van der Waals surface area contributed by atoms with Crippen molar-refractivity contribution in [2.24, 2.45) is 11.1 Å². The van der Waals surface area contributed by atoms with Gasteiger partial charge in [-0.15, -0.1) is 36.2 Å². The molecule has 1 saturated carbocycles. The second-order valence-electron chi connectivity index (χ2n) is 6.60. The topological polar surface area (TPSA) is 77.2 Å². The molecule has 1 fully saturated rings. The fraction of sp³-hybridized carbons (Fsp3) is 0.750. The van der Waals surface area contributed by atoms with Crippen LogP contribution in [-0.4, -0.2) is 35.7 Å². The van der Waals surface area contributed by atoms with Crippen LogP contribution in [0.1, 0.15) is 42.8 Å². The smallest absolute Gasteiger partial charge is 0.240 e. The van der Waals surface area contributed by atoms with Gasteiger partial charge in [-0.1, -0.05) is 13.8 Å². The summed E-state index contributed by atoms with van der Waals surface area (Å²) < 4.78 is 5.66. The molecule has 2 rings (SSSR count). The van der Waals surface area contributed by atoms with Crippen LogP contribution in [0.15, 0.2) is 0 Å². The summed E-state index contributed by atoms with van der Waals surface area (Å²) in [5, 5.41) is 4.02. The third-order valence-electron chi connectivity index (χ3n) is 4.93. The highest BCUT2D eigenvalue weighted by atomic mass is 35.5. The molecule has 0 radical (unpaired) electrons. The predicted octanol–water partition coefficient (Wildman–Crippen LogP) is 2.79. The lowest BCUT2D eigenvalue weighted by atomic mass is 9.54. The van der Waals surface area contributed by atoms with Crippen LogP contribution in [0.5, 0.6) is 0 Å². The zero-order valence-corrected chi connectivity index (χ0v) is 17.4. The van der Waals surface area contributed by atoms with Crippen molar-refractivity contribution < 1.29 is 9.53 Å². The molecule has 1 amide bonds. The monoisotopic (exact) mass is 397 g/mol. The Labute approximate surface area is 161 Å². The van der Waals surface area contributed by atoms with Gasteiger partial charge in [0.1, 0.15) is 5.54 Å². The molecule has 2 atom stereocenters. The van der Waals surface area contributed by atoms with E-state index in [-0.39, 0.29) is 42.2 Å². The molecule has 1 aliphatic rings. The minimum atomic E-state index is -0.846. The van der Waals surface area contributed by atoms with Crippen molar-refractivity contribution >= 4 is 42.1 Å². The highest BCUT2D eigenvalue weighted by Gasteiger charge is 2.62. The van der Waals surface area contributed by atoms with Gasteiger partial charge in [0.25, 0.3) is 0 Å². The number of amides is 1. The number of aryl methyl sites for hydroxylation is 2. The van der Waals surface area contributed by atoms with E-state index in [0.717, 1.165) is 17.1 Å². The van der Waals surface area contributed by atoms with E-state index in [4.69, 9.17) is 10.5 Å². The average Bonchev–Trinajstić information content (AvgIpc) is 2.77. The summed E-state index contributed by atoms with van der Waals surface area (Å²) >= 11 is 1.69. The van der Waals surface area contributed by atoms with Crippen LogP contribution in [0.2, 0.25) is 0 Å². The minimum Gasteiger partial charge on any atom is -0.378 e. The van der Waals surface area contributed by atoms with E-state index in [9.17, 15) is 4.79 Å². The van der Waals surface area contributed by atoms with Crippen molar-refractivity contribution in [3.8, 4) is 0 Å². The lowest BCUT2D eigenvalue weighted by molar-refractivity contribution is -0.170. The molecule has 0 aromatic carbocycles. The van der Waals surface area contributed by atoms with Crippen molar-refractivity contribution in [2.45, 2.75) is 59.1 Å². The first-order valence-electron chi connectivity index (χ1n) is 7.84. The lowest BCUT2D eigenvalue weighted by Crippen LogP contribution is -2.75. The summed E-state index contributed by atoms with van der Waals surface area (Å²) in [7, 11) is 0. The summed E-state index contributed by atoms with van der Waals surface area (Å²) in [5.74, 6) is -0.0848. The number of carbonyl (C=O) groups excluding carboxylic acids is 1. The average molecular weight is 398 g/mol. The van der Waals surface area contributed by atoms with E-state index in [1.54, 1.807) is 11.3 Å². The first-order chi connectivity index (χ1) is 10.2. The Hall–Kier alpha value is -0.400. The van der Waals surface area contributed by atoms with E-state index >= 15 is 0 Å². The summed E-state index contributed by atoms with van der Waals surface area (Å²) in [4.78, 5) is 18.2. The van der Waals surface area contributed by atoms with Crippen molar-refractivity contribution in [2.75, 3.05) is 13.2 Å². The molecule has 24 heavy (non-hydrogen) atoms. The standard InChI is InChI=1S/C16H27N3O2S.2ClH/c1-6-21-12-9-16(17,15(12,4)5)14(20)18-8-7-13-19-10(2)11(3)22-13;;/h12H,6-9,17H2,1-5H3,(H,18,20);2*1H. The molecule has 140 valence electrons. The van der Waals surface area contributed by atoms with Crippen molar-refractivity contribution in [3.63, 3.8) is 0 Å². The number of carbonyl (C=O) groups is 1. The second-order valence-corrected chi connectivity index (χ2v) is 7.88. The summed E-state index contributed by atoms with van der Waals surface area (Å²) in [6, 6.07) is 0. The molecule has 8 heteroatoms. The summed E-state index contributed by atoms with van der Waals surface area (Å²) in [6.07, 6.45) is 1.38. The molecule has 0 aliphatic heterocycles. The second kappa shape index (κ2) is 8.81. The number of halogens is 2. The molecular weight excluding hydrogens is 369 g/mol. The largest absolute Gasteiger partial charge is 0.378 e. The van der Waals surface area contributed by atoms with Crippen LogP contribution in [-0.2, 0) is 16.0 Å². The molecule has 0 saturated heterocycles. The van der Waals surface area contributed by atoms with Gasteiger partial charge in [-0.05, 0) is 20.8 Å². The Kier molecular flexibility index (Phi) is 8.66. The summed E-state index contributed by atoms with van der Waals surface area (Å²) in [6.45, 7) is 11.3. The van der Waals surface area contributed by atoms with Crippen LogP contribution in [0, 0.1) is 19.3 Å². The highest BCUT2D eigenvalue weighted by Crippen LogP contribution is 2.49. The Balaban J connectivity index is 0.00000264. The van der Waals surface area contributed by atoms with Gasteiger partial charge in [0.15, 0.2) is 0 Å². The predicted molar refractivity (Wildman–Crippen MR) is 104 cm³/mol. The first-order valence-corrected chi connectivity index (χ1v) is 8.65. The maximum Gasteiger partial charge on any atom is 0.240 e. The SMILES string of the molecule is CCOC1CC(N)(C(=O)NCCc2nc(C)c(C)s2)C1(C)C.Cl.Cl. The lowest BCUT2D eigenvalue weighted by Gasteiger charge is -2.57. The molecule has 3 N–H and O–H groups in total. The maximum atomic E-state index is 12.5. The van der Waals surface area contributed by atoms with Crippen LogP contribution in [0.25, 0.3) is 0 Å². The van der Waals surface area contributed by atoms with Gasteiger partial charge in [0.2, 0.25) is 5.91 Å². The minimum absolute atomic E-state index is 0. The van der Waals surface area contributed by atoms with Gasteiger partial charge in [-0.3, -0.25) is 4.79 Å². The fourth-order valence-corrected chi connectivity index (χ4v) is 3.84. The van der Waals surface area contributed by atoms with E-state index in [0.29, 0.717) is 19.6 Å². The zero-order valence-electron chi connectivity index (χ0n) is 15.0. The first kappa shape index (κ1) is 23.6. The van der Waals surface area contributed by atoms with E-state index in [1.807, 2.05) is 27.7 Å². The molecule has 2 unspecified atom stereocenters. The molecule has 0 spiro atoms.